The summed E-state index contributed by atoms with van der Waals surface area (Å²) in [5, 5.41) is 9.93. The first-order valence-electron chi connectivity index (χ1n) is 7.39. The molecule has 26 heavy (non-hydrogen) atoms. The van der Waals surface area contributed by atoms with Crippen molar-refractivity contribution in [2.24, 2.45) is 0 Å². The Balaban J connectivity index is 2.29. The average Bonchev–Trinajstić information content (AvgIpc) is 2.61. The lowest BCUT2D eigenvalue weighted by Gasteiger charge is -2.16. The minimum atomic E-state index is -0.652. The molecule has 0 saturated heterocycles. The molecule has 2 aromatic rings. The van der Waals surface area contributed by atoms with Gasteiger partial charge in [-0.2, -0.15) is 0 Å². The lowest BCUT2D eigenvalue weighted by atomic mass is 9.97. The summed E-state index contributed by atoms with van der Waals surface area (Å²) in [5.41, 5.74) is -0.806. The van der Waals surface area contributed by atoms with Gasteiger partial charge in [-0.05, 0) is 0 Å². The van der Waals surface area contributed by atoms with Crippen LogP contribution in [0.25, 0.3) is 16.5 Å². The Hall–Kier alpha value is -3.55. The Labute approximate surface area is 146 Å². The summed E-state index contributed by atoms with van der Waals surface area (Å²) < 4.78 is 20.5. The van der Waals surface area contributed by atoms with Crippen molar-refractivity contribution in [3.63, 3.8) is 0 Å². The van der Waals surface area contributed by atoms with Crippen LogP contribution >= 0.6 is 0 Å². The standard InChI is InChI=1S/C18H14O8/c1-23-8-4-9(19)15-10(20)6-13(26-12(15)5-8)16-11(21)7-14(24-2)17(22)18(16)25-3/h4-7,19H,1-3H3. The van der Waals surface area contributed by atoms with Crippen molar-refractivity contribution in [1.82, 2.24) is 0 Å². The normalized spacial score (nSPS) is 14.5. The topological polar surface area (TPSA) is 112 Å². The first-order chi connectivity index (χ1) is 12.4. The van der Waals surface area contributed by atoms with E-state index in [1.165, 1.54) is 33.5 Å². The number of hydrogen-bond acceptors (Lipinski definition) is 8. The van der Waals surface area contributed by atoms with Crippen molar-refractivity contribution >= 4 is 28.1 Å². The van der Waals surface area contributed by atoms with E-state index in [9.17, 15) is 19.5 Å². The molecule has 1 aromatic carbocycles. The number of ketones is 2. The molecule has 1 heterocycles. The van der Waals surface area contributed by atoms with E-state index in [1.807, 2.05) is 0 Å². The number of carbonyl (C=O) groups excluding carboxylic acids is 2. The summed E-state index contributed by atoms with van der Waals surface area (Å²) >= 11 is 0. The molecule has 0 fully saturated rings. The van der Waals surface area contributed by atoms with Gasteiger partial charge in [-0.25, -0.2) is 0 Å². The number of benzene rings is 1. The van der Waals surface area contributed by atoms with Crippen molar-refractivity contribution in [2.45, 2.75) is 0 Å². The highest BCUT2D eigenvalue weighted by molar-refractivity contribution is 6.35. The molecule has 0 spiro atoms. The quantitative estimate of drug-likeness (QED) is 0.819. The molecule has 1 N–H and O–H groups in total. The van der Waals surface area contributed by atoms with Crippen molar-refractivity contribution in [1.29, 1.82) is 0 Å². The molecule has 0 radical (unpaired) electrons. The Morgan fingerprint density at radius 1 is 0.962 bits per heavy atom. The van der Waals surface area contributed by atoms with Crippen molar-refractivity contribution < 1.29 is 33.3 Å². The van der Waals surface area contributed by atoms with Gasteiger partial charge < -0.3 is 23.7 Å². The zero-order valence-electron chi connectivity index (χ0n) is 14.1. The van der Waals surface area contributed by atoms with Gasteiger partial charge in [0, 0.05) is 24.3 Å². The maximum absolute atomic E-state index is 12.4. The number of Topliss-reactive ketones (excluding diaryl/α,β-unsaturated/α-hetero) is 1. The van der Waals surface area contributed by atoms with Gasteiger partial charge >= 0.3 is 0 Å². The average molecular weight is 358 g/mol. The van der Waals surface area contributed by atoms with Gasteiger partial charge in [0.25, 0.3) is 5.78 Å². The summed E-state index contributed by atoms with van der Waals surface area (Å²) in [6, 6.07) is 3.67. The summed E-state index contributed by atoms with van der Waals surface area (Å²) in [7, 11) is 3.85. The van der Waals surface area contributed by atoms with E-state index in [-0.39, 0.29) is 45.3 Å². The molecule has 1 aliphatic carbocycles. The van der Waals surface area contributed by atoms with Crippen molar-refractivity contribution in [3.05, 3.63) is 51.8 Å². The highest BCUT2D eigenvalue weighted by Gasteiger charge is 2.33. The second-order valence-electron chi connectivity index (χ2n) is 5.31. The molecule has 0 unspecified atom stereocenters. The van der Waals surface area contributed by atoms with Crippen LogP contribution in [0.5, 0.6) is 11.5 Å². The van der Waals surface area contributed by atoms with Gasteiger partial charge in [-0.3, -0.25) is 14.4 Å². The number of phenols is 1. The van der Waals surface area contributed by atoms with Gasteiger partial charge in [0.1, 0.15) is 33.8 Å². The third-order valence-corrected chi connectivity index (χ3v) is 3.86. The van der Waals surface area contributed by atoms with Gasteiger partial charge in [0.15, 0.2) is 22.7 Å². The smallest absolute Gasteiger partial charge is 0.263 e. The first kappa shape index (κ1) is 17.3. The molecule has 8 nitrogen and oxygen atoms in total. The Kier molecular flexibility index (Phi) is 4.25. The van der Waals surface area contributed by atoms with Crippen LogP contribution in [0, 0.1) is 0 Å². The van der Waals surface area contributed by atoms with E-state index in [2.05, 4.69) is 0 Å². The second kappa shape index (κ2) is 6.40. The van der Waals surface area contributed by atoms with Gasteiger partial charge in [0.2, 0.25) is 0 Å². The number of hydrogen-bond donors (Lipinski definition) is 1. The molecular weight excluding hydrogens is 344 g/mol. The number of phenolic OH excluding ortho intramolecular Hbond substituents is 1. The van der Waals surface area contributed by atoms with Gasteiger partial charge in [-0.1, -0.05) is 0 Å². The molecule has 0 atom stereocenters. The minimum absolute atomic E-state index is 0.00549. The third-order valence-electron chi connectivity index (χ3n) is 3.86. The van der Waals surface area contributed by atoms with Crippen LogP contribution in [0.4, 0.5) is 0 Å². The maximum Gasteiger partial charge on any atom is 0.263 e. The van der Waals surface area contributed by atoms with Crippen LogP contribution in [-0.2, 0) is 19.1 Å². The van der Waals surface area contributed by atoms with E-state index < -0.39 is 17.0 Å². The zero-order valence-corrected chi connectivity index (χ0v) is 14.1. The Bertz CT molecular complexity index is 1050. The summed E-state index contributed by atoms with van der Waals surface area (Å²) in [5.74, 6) is -2.00. The van der Waals surface area contributed by atoms with Gasteiger partial charge in [-0.15, -0.1) is 0 Å². The number of rotatable bonds is 4. The highest BCUT2D eigenvalue weighted by atomic mass is 16.5. The number of allylic oxidation sites excluding steroid dienone is 2. The van der Waals surface area contributed by atoms with Gasteiger partial charge in [0.05, 0.1) is 21.3 Å². The maximum atomic E-state index is 12.4. The van der Waals surface area contributed by atoms with Crippen LogP contribution in [0.15, 0.2) is 45.0 Å². The molecule has 0 aliphatic heterocycles. The molecule has 0 bridgehead atoms. The van der Waals surface area contributed by atoms with E-state index in [0.29, 0.717) is 0 Å². The highest BCUT2D eigenvalue weighted by Crippen LogP contribution is 2.32. The molecule has 3 rings (SSSR count). The van der Waals surface area contributed by atoms with Crippen molar-refractivity contribution in [2.75, 3.05) is 21.3 Å². The fraction of sp³-hybridized carbons (Fsp3) is 0.167. The van der Waals surface area contributed by atoms with E-state index in [1.54, 1.807) is 0 Å². The van der Waals surface area contributed by atoms with E-state index in [4.69, 9.17) is 18.6 Å². The number of fused-ring (bicyclic) bond motifs is 1. The number of ether oxygens (including phenoxy) is 3. The molecule has 1 aliphatic rings. The zero-order chi connectivity index (χ0) is 19.0. The van der Waals surface area contributed by atoms with Crippen molar-refractivity contribution in [3.8, 4) is 11.5 Å². The number of carbonyl (C=O) groups is 2. The summed E-state index contributed by atoms with van der Waals surface area (Å²) in [6.45, 7) is 0. The fourth-order valence-electron chi connectivity index (χ4n) is 2.66. The van der Waals surface area contributed by atoms with Crippen LogP contribution in [0.3, 0.4) is 0 Å². The monoisotopic (exact) mass is 358 g/mol. The third kappa shape index (κ3) is 2.61. The summed E-state index contributed by atoms with van der Waals surface area (Å²) in [4.78, 5) is 37.2. The molecule has 134 valence electrons. The first-order valence-corrected chi connectivity index (χ1v) is 7.39. The largest absolute Gasteiger partial charge is 0.507 e. The molecule has 1 aromatic heterocycles. The number of methoxy groups -OCH3 is 3. The van der Waals surface area contributed by atoms with Crippen LogP contribution in [0.1, 0.15) is 5.76 Å². The number of aromatic hydroxyl groups is 1. The van der Waals surface area contributed by atoms with Crippen LogP contribution < -0.4 is 10.2 Å². The molecule has 8 heteroatoms. The van der Waals surface area contributed by atoms with E-state index >= 15 is 0 Å². The predicted octanol–water partition coefficient (Wildman–Crippen LogP) is 1.55. The SMILES string of the molecule is COC1=CC(=O)C(c2cc(=O)c3c(O)cc(OC)cc3o2)=C(OC)C1=O. The second-order valence-corrected chi connectivity index (χ2v) is 5.31. The molecular formula is C18H14O8. The van der Waals surface area contributed by atoms with Crippen LogP contribution in [-0.4, -0.2) is 38.0 Å². The fourth-order valence-corrected chi connectivity index (χ4v) is 2.66. The van der Waals surface area contributed by atoms with Crippen LogP contribution in [0.2, 0.25) is 0 Å². The lowest BCUT2D eigenvalue weighted by Crippen LogP contribution is -2.21. The minimum Gasteiger partial charge on any atom is -0.507 e. The molecule has 0 saturated carbocycles. The predicted molar refractivity (Wildman–Crippen MR) is 89.7 cm³/mol. The summed E-state index contributed by atoms with van der Waals surface area (Å²) in [6.07, 6.45) is 0.993. The lowest BCUT2D eigenvalue weighted by molar-refractivity contribution is -0.119. The molecule has 0 amide bonds. The Morgan fingerprint density at radius 2 is 1.69 bits per heavy atom. The van der Waals surface area contributed by atoms with E-state index in [0.717, 1.165) is 12.1 Å². The Morgan fingerprint density at radius 3 is 2.31 bits per heavy atom.